The second-order valence-electron chi connectivity index (χ2n) is 13.6. The zero-order chi connectivity index (χ0) is 33.5. The molecule has 1 heterocycles. The van der Waals surface area contributed by atoms with E-state index >= 15 is 0 Å². The van der Waals surface area contributed by atoms with Crippen molar-refractivity contribution in [1.29, 1.82) is 0 Å². The predicted octanol–water partition coefficient (Wildman–Crippen LogP) is 14.8. The van der Waals surface area contributed by atoms with E-state index in [1.54, 1.807) is 0 Å². The summed E-state index contributed by atoms with van der Waals surface area (Å²) in [5.41, 5.74) is 7.62. The van der Waals surface area contributed by atoms with E-state index in [0.717, 1.165) is 0 Å². The van der Waals surface area contributed by atoms with Gasteiger partial charge in [-0.25, -0.2) is 0 Å². The quantitative estimate of drug-likeness (QED) is 0.130. The summed E-state index contributed by atoms with van der Waals surface area (Å²) in [5.74, 6) is 0. The van der Waals surface area contributed by atoms with Gasteiger partial charge in [0.05, 0.1) is 0 Å². The average molecular weight is 663 g/mol. The second-order valence-corrected chi connectivity index (χ2v) is 14.6. The molecule has 0 saturated heterocycles. The Morgan fingerprint density at radius 1 is 0.255 bits per heavy atom. The summed E-state index contributed by atoms with van der Waals surface area (Å²) in [4.78, 5) is 0. The molecule has 11 aromatic rings. The van der Waals surface area contributed by atoms with Crippen LogP contribution in [0.4, 0.5) is 0 Å². The maximum absolute atomic E-state index is 2.46. The molecule has 0 nitrogen and oxygen atoms in total. The molecule has 0 aliphatic heterocycles. The summed E-state index contributed by atoms with van der Waals surface area (Å²) in [5, 5.41) is 15.4. The first kappa shape index (κ1) is 28.5. The summed E-state index contributed by atoms with van der Waals surface area (Å²) >= 11 is 1.93. The van der Waals surface area contributed by atoms with Crippen LogP contribution in [-0.4, -0.2) is 0 Å². The van der Waals surface area contributed by atoms with Gasteiger partial charge in [0, 0.05) is 25.7 Å². The van der Waals surface area contributed by atoms with E-state index in [1.165, 1.54) is 107 Å². The molecule has 0 aliphatic rings. The highest BCUT2D eigenvalue weighted by atomic mass is 32.1. The molecule has 0 unspecified atom stereocenters. The average Bonchev–Trinajstić information content (AvgIpc) is 3.60. The molecule has 51 heavy (non-hydrogen) atoms. The highest BCUT2D eigenvalue weighted by Crippen LogP contribution is 2.50. The van der Waals surface area contributed by atoms with E-state index in [1.807, 2.05) is 11.3 Å². The fourth-order valence-corrected chi connectivity index (χ4v) is 9.91. The van der Waals surface area contributed by atoms with Crippen LogP contribution in [0.15, 0.2) is 182 Å². The Balaban J connectivity index is 1.29. The number of fused-ring (bicyclic) bond motifs is 10. The van der Waals surface area contributed by atoms with Crippen molar-refractivity contribution in [3.63, 3.8) is 0 Å². The van der Waals surface area contributed by atoms with Crippen LogP contribution in [0.1, 0.15) is 0 Å². The van der Waals surface area contributed by atoms with Gasteiger partial charge in [0.1, 0.15) is 0 Å². The van der Waals surface area contributed by atoms with E-state index in [4.69, 9.17) is 0 Å². The zero-order valence-corrected chi connectivity index (χ0v) is 28.5. The van der Waals surface area contributed by atoms with Gasteiger partial charge in [-0.1, -0.05) is 170 Å². The maximum Gasteiger partial charge on any atom is 0.0434 e. The van der Waals surface area contributed by atoms with Gasteiger partial charge >= 0.3 is 0 Å². The smallest absolute Gasteiger partial charge is 0.0434 e. The number of benzene rings is 10. The predicted molar refractivity (Wildman–Crippen MR) is 223 cm³/mol. The SMILES string of the molecule is c1ccc(-c2cc3ccc4ccccc4c3cc2-c2c3ccccc3c(-c3cccc4c3sc3c5ccccc5ccc43)c3ccccc23)cc1. The first-order valence-corrected chi connectivity index (χ1v) is 18.4. The van der Waals surface area contributed by atoms with Gasteiger partial charge in [-0.2, -0.15) is 0 Å². The number of rotatable bonds is 3. The molecule has 1 aromatic heterocycles. The van der Waals surface area contributed by atoms with Gasteiger partial charge in [0.25, 0.3) is 0 Å². The van der Waals surface area contributed by atoms with E-state index in [2.05, 4.69) is 182 Å². The Morgan fingerprint density at radius 3 is 1.47 bits per heavy atom. The lowest BCUT2D eigenvalue weighted by molar-refractivity contribution is 1.63. The van der Waals surface area contributed by atoms with Gasteiger partial charge in [0.2, 0.25) is 0 Å². The number of hydrogen-bond donors (Lipinski definition) is 0. The molecule has 0 saturated carbocycles. The lowest BCUT2D eigenvalue weighted by Crippen LogP contribution is -1.93. The van der Waals surface area contributed by atoms with E-state index in [9.17, 15) is 0 Å². The van der Waals surface area contributed by atoms with Crippen LogP contribution >= 0.6 is 11.3 Å². The number of thiophene rings is 1. The van der Waals surface area contributed by atoms with Crippen molar-refractivity contribution in [2.45, 2.75) is 0 Å². The Morgan fingerprint density at radius 2 is 0.765 bits per heavy atom. The van der Waals surface area contributed by atoms with Crippen LogP contribution in [0.25, 0.3) is 107 Å². The molecular weight excluding hydrogens is 633 g/mol. The molecule has 1 heteroatoms. The van der Waals surface area contributed by atoms with Gasteiger partial charge in [-0.15, -0.1) is 11.3 Å². The van der Waals surface area contributed by atoms with Crippen LogP contribution in [0.3, 0.4) is 0 Å². The van der Waals surface area contributed by atoms with Crippen molar-refractivity contribution in [3.05, 3.63) is 182 Å². The van der Waals surface area contributed by atoms with E-state index in [-0.39, 0.29) is 0 Å². The molecule has 0 radical (unpaired) electrons. The van der Waals surface area contributed by atoms with Crippen molar-refractivity contribution >= 4 is 85.4 Å². The largest absolute Gasteiger partial charge is 0.134 e. The minimum atomic E-state index is 1.22. The third-order valence-electron chi connectivity index (χ3n) is 10.8. The van der Waals surface area contributed by atoms with Crippen molar-refractivity contribution in [1.82, 2.24) is 0 Å². The highest BCUT2D eigenvalue weighted by molar-refractivity contribution is 7.27. The highest BCUT2D eigenvalue weighted by Gasteiger charge is 2.22. The summed E-state index contributed by atoms with van der Waals surface area (Å²) in [6, 6.07) is 67.5. The normalized spacial score (nSPS) is 11.9. The second kappa shape index (κ2) is 11.1. The third kappa shape index (κ3) is 4.26. The summed E-state index contributed by atoms with van der Waals surface area (Å²) < 4.78 is 2.70. The fraction of sp³-hybridized carbons (Fsp3) is 0. The molecule has 0 spiro atoms. The summed E-state index contributed by atoms with van der Waals surface area (Å²) in [6.07, 6.45) is 0. The minimum Gasteiger partial charge on any atom is -0.134 e. The molecule has 0 fully saturated rings. The monoisotopic (exact) mass is 662 g/mol. The van der Waals surface area contributed by atoms with Gasteiger partial charge in [-0.3, -0.25) is 0 Å². The molecule has 10 aromatic carbocycles. The molecular formula is C50H30S. The lowest BCUT2D eigenvalue weighted by Gasteiger charge is -2.21. The molecule has 236 valence electrons. The summed E-state index contributed by atoms with van der Waals surface area (Å²) in [7, 11) is 0. The topological polar surface area (TPSA) is 0 Å². The molecule has 0 atom stereocenters. The zero-order valence-electron chi connectivity index (χ0n) is 27.7. The molecule has 0 amide bonds. The van der Waals surface area contributed by atoms with Gasteiger partial charge in [0.15, 0.2) is 0 Å². The summed E-state index contributed by atoms with van der Waals surface area (Å²) in [6.45, 7) is 0. The van der Waals surface area contributed by atoms with Crippen LogP contribution < -0.4 is 0 Å². The van der Waals surface area contributed by atoms with Crippen molar-refractivity contribution in [2.24, 2.45) is 0 Å². The van der Waals surface area contributed by atoms with Crippen LogP contribution in [0.2, 0.25) is 0 Å². The molecule has 0 bridgehead atoms. The first-order valence-electron chi connectivity index (χ1n) is 17.6. The van der Waals surface area contributed by atoms with Crippen molar-refractivity contribution in [3.8, 4) is 33.4 Å². The third-order valence-corrected chi connectivity index (χ3v) is 12.1. The molecule has 0 N–H and O–H groups in total. The molecule has 11 rings (SSSR count). The van der Waals surface area contributed by atoms with Crippen molar-refractivity contribution in [2.75, 3.05) is 0 Å². The Labute approximate surface area is 299 Å². The minimum absolute atomic E-state index is 1.22. The van der Waals surface area contributed by atoms with E-state index in [0.29, 0.717) is 0 Å². The lowest BCUT2D eigenvalue weighted by atomic mass is 9.82. The Kier molecular flexibility index (Phi) is 6.22. The van der Waals surface area contributed by atoms with Crippen LogP contribution in [0.5, 0.6) is 0 Å². The van der Waals surface area contributed by atoms with Crippen LogP contribution in [0, 0.1) is 0 Å². The molecule has 0 aliphatic carbocycles. The van der Waals surface area contributed by atoms with Crippen molar-refractivity contribution < 1.29 is 0 Å². The first-order chi connectivity index (χ1) is 25.3. The Hall–Kier alpha value is -6.28. The fourth-order valence-electron chi connectivity index (χ4n) is 8.55. The Bertz CT molecular complexity index is 3130. The van der Waals surface area contributed by atoms with Crippen LogP contribution in [-0.2, 0) is 0 Å². The maximum atomic E-state index is 2.46. The van der Waals surface area contributed by atoms with Gasteiger partial charge in [-0.05, 0) is 93.8 Å². The van der Waals surface area contributed by atoms with Gasteiger partial charge < -0.3 is 0 Å². The van der Waals surface area contributed by atoms with E-state index < -0.39 is 0 Å². The standard InChI is InChI=1S/C50H30S/c1-2-13-31(14-3-1)44-29-34-26-25-32-15-4-6-17-35(32)45(34)30-46(44)48-39-21-10-8-19-37(39)47(38-20-9-11-22-40(38)48)43-24-12-23-41-42-28-27-33-16-5-7-18-36(33)49(42)51-50(41)43/h1-30H. The number of hydrogen-bond acceptors (Lipinski definition) is 1.